The minimum Gasteiger partial charge on any atom is -0.494 e. The molecule has 2 unspecified atom stereocenters. The van der Waals surface area contributed by atoms with Gasteiger partial charge in [-0.1, -0.05) is 48.2 Å². The molecule has 150 valence electrons. The van der Waals surface area contributed by atoms with E-state index in [2.05, 4.69) is 39.0 Å². The van der Waals surface area contributed by atoms with Gasteiger partial charge in [0, 0.05) is 0 Å². The number of rotatable bonds is 6. The quantitative estimate of drug-likeness (QED) is 0.629. The number of amides is 1. The van der Waals surface area contributed by atoms with Crippen LogP contribution in [0.3, 0.4) is 0 Å². The number of methoxy groups -OCH3 is 1. The minimum absolute atomic E-state index is 0.0220. The van der Waals surface area contributed by atoms with Crippen LogP contribution in [0.1, 0.15) is 36.9 Å². The van der Waals surface area contributed by atoms with E-state index >= 15 is 0 Å². The van der Waals surface area contributed by atoms with Gasteiger partial charge in [0.05, 0.1) is 18.4 Å². The standard InChI is InChI=1S/C21H23N5O2S/c1-14(20(27)22-17-11-7-9-15-8-3-4-10-16(15)17)29-21-23-24-25-26(21)18-12-5-6-13-19(18)28-2/h3-6,8,10,12-14,17H,7,9,11H2,1-2H3,(H,22,27). The number of tetrazole rings is 1. The van der Waals surface area contributed by atoms with Gasteiger partial charge < -0.3 is 10.1 Å². The monoisotopic (exact) mass is 409 g/mol. The Labute approximate surface area is 173 Å². The second-order valence-corrected chi connectivity index (χ2v) is 8.27. The van der Waals surface area contributed by atoms with E-state index in [-0.39, 0.29) is 17.2 Å². The summed E-state index contributed by atoms with van der Waals surface area (Å²) in [6.07, 6.45) is 3.11. The molecule has 0 spiro atoms. The molecule has 29 heavy (non-hydrogen) atoms. The first-order valence-electron chi connectivity index (χ1n) is 9.64. The van der Waals surface area contributed by atoms with Crippen LogP contribution >= 0.6 is 11.8 Å². The van der Waals surface area contributed by atoms with Gasteiger partial charge in [-0.25, -0.2) is 0 Å². The lowest BCUT2D eigenvalue weighted by molar-refractivity contribution is -0.121. The Balaban J connectivity index is 1.48. The molecule has 1 aromatic heterocycles. The number of ether oxygens (including phenoxy) is 1. The van der Waals surface area contributed by atoms with Crippen molar-refractivity contribution in [3.05, 3.63) is 59.7 Å². The number of carbonyl (C=O) groups excluding carboxylic acids is 1. The van der Waals surface area contributed by atoms with Crippen molar-refractivity contribution in [2.24, 2.45) is 0 Å². The molecule has 1 amide bonds. The van der Waals surface area contributed by atoms with Crippen molar-refractivity contribution < 1.29 is 9.53 Å². The molecule has 4 rings (SSSR count). The van der Waals surface area contributed by atoms with Crippen molar-refractivity contribution in [3.63, 3.8) is 0 Å². The van der Waals surface area contributed by atoms with Gasteiger partial charge in [0.2, 0.25) is 11.1 Å². The second-order valence-electron chi connectivity index (χ2n) is 6.96. The van der Waals surface area contributed by atoms with Crippen LogP contribution in [-0.2, 0) is 11.2 Å². The summed E-state index contributed by atoms with van der Waals surface area (Å²) in [6.45, 7) is 1.87. The molecule has 1 heterocycles. The summed E-state index contributed by atoms with van der Waals surface area (Å²) in [5.41, 5.74) is 3.28. The van der Waals surface area contributed by atoms with E-state index < -0.39 is 0 Å². The number of thioether (sulfide) groups is 1. The molecule has 0 aliphatic heterocycles. The molecule has 0 bridgehead atoms. The highest BCUT2D eigenvalue weighted by molar-refractivity contribution is 8.00. The third-order valence-electron chi connectivity index (χ3n) is 5.09. The Bertz CT molecular complexity index is 1010. The Morgan fingerprint density at radius 1 is 1.24 bits per heavy atom. The zero-order chi connectivity index (χ0) is 20.2. The number of para-hydroxylation sites is 2. The van der Waals surface area contributed by atoms with E-state index in [4.69, 9.17) is 4.74 Å². The first-order chi connectivity index (χ1) is 14.2. The first-order valence-corrected chi connectivity index (χ1v) is 10.5. The van der Waals surface area contributed by atoms with E-state index in [0.717, 1.165) is 24.9 Å². The number of aromatic nitrogens is 4. The molecule has 0 saturated carbocycles. The molecule has 3 aromatic rings. The van der Waals surface area contributed by atoms with Crippen LogP contribution in [-0.4, -0.2) is 38.5 Å². The zero-order valence-corrected chi connectivity index (χ0v) is 17.2. The smallest absolute Gasteiger partial charge is 0.233 e. The summed E-state index contributed by atoms with van der Waals surface area (Å²) in [5.74, 6) is 0.642. The van der Waals surface area contributed by atoms with Crippen LogP contribution in [0.4, 0.5) is 0 Å². The summed E-state index contributed by atoms with van der Waals surface area (Å²) in [4.78, 5) is 12.9. The highest BCUT2D eigenvalue weighted by Gasteiger charge is 2.25. The highest BCUT2D eigenvalue weighted by Crippen LogP contribution is 2.31. The number of fused-ring (bicyclic) bond motifs is 1. The Hall–Kier alpha value is -2.87. The van der Waals surface area contributed by atoms with Crippen LogP contribution in [0, 0.1) is 0 Å². The molecular weight excluding hydrogens is 386 g/mol. The average molecular weight is 410 g/mol. The maximum absolute atomic E-state index is 12.9. The summed E-state index contributed by atoms with van der Waals surface area (Å²) in [5, 5.41) is 15.4. The summed E-state index contributed by atoms with van der Waals surface area (Å²) < 4.78 is 7.01. The van der Waals surface area contributed by atoms with E-state index in [0.29, 0.717) is 10.9 Å². The number of carbonyl (C=O) groups is 1. The van der Waals surface area contributed by atoms with Crippen molar-refractivity contribution in [3.8, 4) is 11.4 Å². The van der Waals surface area contributed by atoms with Crippen LogP contribution in [0.5, 0.6) is 5.75 Å². The fraction of sp³-hybridized carbons (Fsp3) is 0.333. The molecule has 1 N–H and O–H groups in total. The first kappa shape index (κ1) is 19.4. The molecule has 0 saturated heterocycles. The predicted octanol–water partition coefficient (Wildman–Crippen LogP) is 3.35. The fourth-order valence-corrected chi connectivity index (χ4v) is 4.42. The third-order valence-corrected chi connectivity index (χ3v) is 6.12. The Morgan fingerprint density at radius 3 is 2.90 bits per heavy atom. The van der Waals surface area contributed by atoms with E-state index in [9.17, 15) is 4.79 Å². The second kappa shape index (κ2) is 8.65. The van der Waals surface area contributed by atoms with Crippen molar-refractivity contribution in [1.29, 1.82) is 0 Å². The van der Waals surface area contributed by atoms with Gasteiger partial charge in [-0.2, -0.15) is 4.68 Å². The van der Waals surface area contributed by atoms with Crippen molar-refractivity contribution in [2.45, 2.75) is 42.6 Å². The maximum Gasteiger partial charge on any atom is 0.233 e. The molecule has 0 fully saturated rings. The lowest BCUT2D eigenvalue weighted by atomic mass is 9.88. The summed E-state index contributed by atoms with van der Waals surface area (Å²) in [6, 6.07) is 15.9. The lowest BCUT2D eigenvalue weighted by Crippen LogP contribution is -2.36. The molecular formula is C21H23N5O2S. The number of hydrogen-bond donors (Lipinski definition) is 1. The molecule has 0 radical (unpaired) electrons. The molecule has 1 aliphatic rings. The lowest BCUT2D eigenvalue weighted by Gasteiger charge is -2.27. The number of nitrogens with zero attached hydrogens (tertiary/aromatic N) is 4. The maximum atomic E-state index is 12.9. The molecule has 7 nitrogen and oxygen atoms in total. The number of benzene rings is 2. The van der Waals surface area contributed by atoms with Crippen molar-refractivity contribution >= 4 is 17.7 Å². The molecule has 8 heteroatoms. The van der Waals surface area contributed by atoms with E-state index in [1.54, 1.807) is 11.8 Å². The van der Waals surface area contributed by atoms with Crippen LogP contribution in [0.15, 0.2) is 53.7 Å². The Kier molecular flexibility index (Phi) is 5.80. The van der Waals surface area contributed by atoms with Crippen LogP contribution in [0.2, 0.25) is 0 Å². The Morgan fingerprint density at radius 2 is 2.03 bits per heavy atom. The SMILES string of the molecule is COc1ccccc1-n1nnnc1SC(C)C(=O)NC1CCCc2ccccc21. The van der Waals surface area contributed by atoms with Crippen LogP contribution in [0.25, 0.3) is 5.69 Å². The molecule has 1 aliphatic carbocycles. The van der Waals surface area contributed by atoms with Crippen molar-refractivity contribution in [1.82, 2.24) is 25.5 Å². The number of hydrogen-bond acceptors (Lipinski definition) is 6. The van der Waals surface area contributed by atoms with Gasteiger partial charge in [-0.3, -0.25) is 4.79 Å². The van der Waals surface area contributed by atoms with E-state index in [1.807, 2.05) is 37.3 Å². The molecule has 2 aromatic carbocycles. The fourth-order valence-electron chi connectivity index (χ4n) is 3.61. The third kappa shape index (κ3) is 4.12. The van der Waals surface area contributed by atoms with Gasteiger partial charge in [0.1, 0.15) is 11.4 Å². The van der Waals surface area contributed by atoms with Crippen molar-refractivity contribution in [2.75, 3.05) is 7.11 Å². The number of aryl methyl sites for hydroxylation is 1. The van der Waals surface area contributed by atoms with Crippen LogP contribution < -0.4 is 10.1 Å². The summed E-state index contributed by atoms with van der Waals surface area (Å²) in [7, 11) is 1.61. The topological polar surface area (TPSA) is 81.9 Å². The number of nitrogens with one attached hydrogen (secondary N) is 1. The highest BCUT2D eigenvalue weighted by atomic mass is 32.2. The predicted molar refractivity (Wildman–Crippen MR) is 111 cm³/mol. The summed E-state index contributed by atoms with van der Waals surface area (Å²) >= 11 is 1.33. The average Bonchev–Trinajstić information content (AvgIpc) is 3.21. The normalized spacial score (nSPS) is 16.7. The largest absolute Gasteiger partial charge is 0.494 e. The van der Waals surface area contributed by atoms with Gasteiger partial charge >= 0.3 is 0 Å². The zero-order valence-electron chi connectivity index (χ0n) is 16.4. The van der Waals surface area contributed by atoms with E-state index in [1.165, 1.54) is 22.9 Å². The molecule has 2 atom stereocenters. The van der Waals surface area contributed by atoms with Gasteiger partial charge in [0.25, 0.3) is 0 Å². The van der Waals surface area contributed by atoms with Gasteiger partial charge in [0.15, 0.2) is 0 Å². The minimum atomic E-state index is -0.344. The van der Waals surface area contributed by atoms with Gasteiger partial charge in [-0.15, -0.1) is 5.10 Å². The van der Waals surface area contributed by atoms with Gasteiger partial charge in [-0.05, 0) is 59.9 Å².